The second kappa shape index (κ2) is 9.09. The summed E-state index contributed by atoms with van der Waals surface area (Å²) in [5.41, 5.74) is 5.22. The summed E-state index contributed by atoms with van der Waals surface area (Å²) in [5.74, 6) is -0.212. The number of aromatic nitrogens is 4. The molecule has 1 amide bonds. The fraction of sp³-hybridized carbons (Fsp3) is 0.321. The van der Waals surface area contributed by atoms with Crippen molar-refractivity contribution in [2.75, 3.05) is 25.0 Å². The van der Waals surface area contributed by atoms with Crippen molar-refractivity contribution in [2.45, 2.75) is 37.8 Å². The molecule has 0 radical (unpaired) electrons. The molecule has 1 aliphatic carbocycles. The summed E-state index contributed by atoms with van der Waals surface area (Å²) in [7, 11) is 0. The summed E-state index contributed by atoms with van der Waals surface area (Å²) in [5, 5.41) is 15.2. The van der Waals surface area contributed by atoms with Gasteiger partial charge in [0, 0.05) is 41.0 Å². The number of morpholine rings is 1. The lowest BCUT2D eigenvalue weighted by atomic mass is 9.99. The zero-order valence-electron chi connectivity index (χ0n) is 20.4. The molecule has 8 nitrogen and oxygen atoms in total. The second-order valence-electron chi connectivity index (χ2n) is 10.1. The molecule has 1 saturated carbocycles. The number of benzene rings is 2. The molecule has 0 unspecified atom stereocenters. The van der Waals surface area contributed by atoms with Crippen LogP contribution in [-0.2, 0) is 11.3 Å². The van der Waals surface area contributed by atoms with E-state index in [-0.39, 0.29) is 11.5 Å². The van der Waals surface area contributed by atoms with E-state index in [1.54, 1.807) is 17.5 Å². The molecule has 9 heteroatoms. The molecule has 188 valence electrons. The topological polar surface area (TPSA) is 98.9 Å². The smallest absolute Gasteiger partial charge is 0.275 e. The third kappa shape index (κ3) is 4.22. The van der Waals surface area contributed by atoms with Gasteiger partial charge in [0.2, 0.25) is 0 Å². The average molecular weight is 513 g/mol. The highest BCUT2D eigenvalue weighted by molar-refractivity contribution is 7.09. The number of nitrogens with zero attached hydrogens (tertiary/aromatic N) is 3. The Morgan fingerprint density at radius 2 is 2.08 bits per heavy atom. The fourth-order valence-electron chi connectivity index (χ4n) is 5.89. The van der Waals surface area contributed by atoms with Crippen LogP contribution in [0, 0.1) is 0 Å². The predicted octanol–water partition coefficient (Wildman–Crippen LogP) is 5.57. The number of anilines is 1. The largest absolute Gasteiger partial charge is 0.372 e. The van der Waals surface area contributed by atoms with Crippen LogP contribution in [0.1, 0.15) is 41.2 Å². The fourth-order valence-corrected chi connectivity index (χ4v) is 6.71. The minimum atomic E-state index is -0.212. The summed E-state index contributed by atoms with van der Waals surface area (Å²) in [6, 6.07) is 12.3. The van der Waals surface area contributed by atoms with Crippen molar-refractivity contribution in [1.29, 1.82) is 0 Å². The van der Waals surface area contributed by atoms with Crippen molar-refractivity contribution in [3.63, 3.8) is 0 Å². The minimum absolute atomic E-state index is 0.0292. The molecule has 0 atom stereocenters. The van der Waals surface area contributed by atoms with Gasteiger partial charge in [0.05, 0.1) is 36.2 Å². The first-order chi connectivity index (χ1) is 18.2. The van der Waals surface area contributed by atoms with Gasteiger partial charge in [-0.3, -0.25) is 14.8 Å². The quantitative estimate of drug-likeness (QED) is 0.286. The number of carbonyl (C=O) groups excluding carboxylic acids is 1. The number of H-pyrrole nitrogens is 2. The van der Waals surface area contributed by atoms with Crippen LogP contribution >= 0.6 is 11.3 Å². The lowest BCUT2D eigenvalue weighted by molar-refractivity contribution is -0.107. The van der Waals surface area contributed by atoms with Gasteiger partial charge in [0.15, 0.2) is 0 Å². The molecule has 2 fully saturated rings. The van der Waals surface area contributed by atoms with Gasteiger partial charge in [-0.25, -0.2) is 4.98 Å². The van der Waals surface area contributed by atoms with Gasteiger partial charge >= 0.3 is 0 Å². The third-order valence-corrected chi connectivity index (χ3v) is 8.53. The number of hydrogen-bond donors (Lipinski definition) is 3. The molecule has 4 heterocycles. The molecule has 1 saturated heterocycles. The highest BCUT2D eigenvalue weighted by Gasteiger charge is 2.39. The second-order valence-corrected chi connectivity index (χ2v) is 11.1. The third-order valence-electron chi connectivity index (χ3n) is 7.70. The van der Waals surface area contributed by atoms with Crippen LogP contribution in [0.25, 0.3) is 32.9 Å². The van der Waals surface area contributed by atoms with E-state index in [4.69, 9.17) is 9.72 Å². The lowest BCUT2D eigenvalue weighted by Gasteiger charge is -2.40. The Hall–Kier alpha value is -3.53. The molecular weight excluding hydrogens is 484 g/mol. The van der Waals surface area contributed by atoms with E-state index in [1.165, 1.54) is 12.8 Å². The molecule has 3 N–H and O–H groups in total. The zero-order chi connectivity index (χ0) is 24.8. The van der Waals surface area contributed by atoms with E-state index in [9.17, 15) is 4.79 Å². The van der Waals surface area contributed by atoms with Crippen molar-refractivity contribution in [3.8, 4) is 11.1 Å². The van der Waals surface area contributed by atoms with Crippen LogP contribution < -0.4 is 5.32 Å². The van der Waals surface area contributed by atoms with Crippen LogP contribution in [0.2, 0.25) is 0 Å². The minimum Gasteiger partial charge on any atom is -0.372 e. The van der Waals surface area contributed by atoms with Crippen molar-refractivity contribution in [1.82, 2.24) is 25.1 Å². The summed E-state index contributed by atoms with van der Waals surface area (Å²) in [4.78, 5) is 23.7. The van der Waals surface area contributed by atoms with Gasteiger partial charge in [-0.1, -0.05) is 25.0 Å². The maximum Gasteiger partial charge on any atom is 0.275 e. The Bertz CT molecular complexity index is 1590. The molecule has 1 spiro atoms. The SMILES string of the molecule is O=C(Nc1cc(-c2cccc3[nH]ccc23)cc2[nH]ncc12)c1csc(CN2CCOC3(CCCC3)C2)n1. The summed E-state index contributed by atoms with van der Waals surface area (Å²) in [6.07, 6.45) is 8.48. The van der Waals surface area contributed by atoms with Gasteiger partial charge in [-0.05, 0) is 48.2 Å². The number of nitrogens with one attached hydrogen (secondary N) is 3. The highest BCUT2D eigenvalue weighted by Crippen LogP contribution is 2.37. The Labute approximate surface area is 218 Å². The monoisotopic (exact) mass is 512 g/mol. The zero-order valence-corrected chi connectivity index (χ0v) is 21.2. The van der Waals surface area contributed by atoms with Gasteiger partial charge in [-0.15, -0.1) is 11.3 Å². The molecule has 1 aliphatic heterocycles. The number of rotatable bonds is 5. The van der Waals surface area contributed by atoms with E-state index in [0.29, 0.717) is 11.4 Å². The number of fused-ring (bicyclic) bond motifs is 2. The molecule has 37 heavy (non-hydrogen) atoms. The molecule has 2 aliphatic rings. The first kappa shape index (κ1) is 22.7. The number of hydrogen-bond acceptors (Lipinski definition) is 6. The van der Waals surface area contributed by atoms with Crippen LogP contribution in [0.15, 0.2) is 54.2 Å². The standard InChI is InChI=1S/C28H28N6O2S/c35-27(25-16-37-26(31-25)15-34-10-11-36-28(17-34)7-1-2-8-28)32-23-12-18(13-24-21(23)14-30-33-24)19-4-3-5-22-20(19)6-9-29-22/h3-6,9,12-14,16,29H,1-2,7-8,10-11,15,17H2,(H,30,33)(H,32,35). The maximum absolute atomic E-state index is 13.3. The predicted molar refractivity (Wildman–Crippen MR) is 146 cm³/mol. The van der Waals surface area contributed by atoms with Crippen LogP contribution in [-0.4, -0.2) is 56.3 Å². The Kier molecular flexibility index (Phi) is 5.57. The molecule has 3 aromatic heterocycles. The van der Waals surface area contributed by atoms with Crippen molar-refractivity contribution in [3.05, 3.63) is 64.9 Å². The molecule has 5 aromatic rings. The highest BCUT2D eigenvalue weighted by atomic mass is 32.1. The van der Waals surface area contributed by atoms with E-state index >= 15 is 0 Å². The van der Waals surface area contributed by atoms with E-state index in [0.717, 1.165) is 77.0 Å². The Morgan fingerprint density at radius 3 is 3.00 bits per heavy atom. The van der Waals surface area contributed by atoms with Gasteiger partial charge < -0.3 is 15.0 Å². The summed E-state index contributed by atoms with van der Waals surface area (Å²) in [6.45, 7) is 3.38. The van der Waals surface area contributed by atoms with Crippen LogP contribution in [0.3, 0.4) is 0 Å². The Balaban J connectivity index is 1.12. The number of aromatic amines is 2. The van der Waals surface area contributed by atoms with Crippen molar-refractivity contribution >= 4 is 44.7 Å². The average Bonchev–Trinajstić information content (AvgIpc) is 3.71. The normalized spacial score (nSPS) is 17.7. The van der Waals surface area contributed by atoms with Gasteiger partial charge in [-0.2, -0.15) is 5.10 Å². The molecule has 7 rings (SSSR count). The number of carbonyl (C=O) groups is 1. The summed E-state index contributed by atoms with van der Waals surface area (Å²) < 4.78 is 6.16. The van der Waals surface area contributed by atoms with Gasteiger partial charge in [0.25, 0.3) is 5.91 Å². The molecule has 2 aromatic carbocycles. The number of amides is 1. The Morgan fingerprint density at radius 1 is 1.16 bits per heavy atom. The van der Waals surface area contributed by atoms with E-state index in [2.05, 4.69) is 49.7 Å². The van der Waals surface area contributed by atoms with Crippen LogP contribution in [0.5, 0.6) is 0 Å². The number of ether oxygens (including phenoxy) is 1. The van der Waals surface area contributed by atoms with E-state index in [1.807, 2.05) is 23.7 Å². The maximum atomic E-state index is 13.3. The first-order valence-electron chi connectivity index (χ1n) is 12.8. The van der Waals surface area contributed by atoms with Crippen LogP contribution in [0.4, 0.5) is 5.69 Å². The molecule has 0 bridgehead atoms. The van der Waals surface area contributed by atoms with E-state index < -0.39 is 0 Å². The lowest BCUT2D eigenvalue weighted by Crippen LogP contribution is -2.49. The molecular formula is C28H28N6O2S. The number of thiazole rings is 1. The first-order valence-corrected chi connectivity index (χ1v) is 13.7. The van der Waals surface area contributed by atoms with Crippen molar-refractivity contribution in [2.24, 2.45) is 0 Å². The summed E-state index contributed by atoms with van der Waals surface area (Å²) >= 11 is 1.54. The van der Waals surface area contributed by atoms with Crippen molar-refractivity contribution < 1.29 is 9.53 Å². The van der Waals surface area contributed by atoms with Gasteiger partial charge in [0.1, 0.15) is 10.7 Å².